The number of β-amino-alcohol motifs (C(OH)–C–C–N with tert-alkyl or cyclic N) is 1. The highest BCUT2D eigenvalue weighted by Crippen LogP contribution is 2.45. The molecule has 1 aliphatic carbocycles. The molecule has 1 fully saturated rings. The Labute approximate surface area is 108 Å². The van der Waals surface area contributed by atoms with Gasteiger partial charge in [-0.15, -0.1) is 0 Å². The molecule has 18 heavy (non-hydrogen) atoms. The molecule has 0 aromatic heterocycles. The lowest BCUT2D eigenvalue weighted by Crippen LogP contribution is -2.32. The zero-order valence-electron chi connectivity index (χ0n) is 10.8. The van der Waals surface area contributed by atoms with E-state index in [1.807, 2.05) is 4.90 Å². The second kappa shape index (κ2) is 4.13. The minimum atomic E-state index is 0.0214. The van der Waals surface area contributed by atoms with Gasteiger partial charge in [0.2, 0.25) is 5.91 Å². The van der Waals surface area contributed by atoms with Crippen LogP contribution in [0.25, 0.3) is 0 Å². The van der Waals surface area contributed by atoms with E-state index in [4.69, 9.17) is 5.11 Å². The van der Waals surface area contributed by atoms with Crippen LogP contribution in [0.5, 0.6) is 0 Å². The molecule has 94 valence electrons. The number of amides is 1. The minimum absolute atomic E-state index is 0.0214. The van der Waals surface area contributed by atoms with Crippen molar-refractivity contribution in [3.8, 4) is 0 Å². The second-order valence-corrected chi connectivity index (χ2v) is 5.60. The van der Waals surface area contributed by atoms with Crippen molar-refractivity contribution in [3.63, 3.8) is 0 Å². The third kappa shape index (κ3) is 1.59. The SMILES string of the molecule is Bc1cccc2c1CCC21CC(=O)N(CCO)C1. The summed E-state index contributed by atoms with van der Waals surface area (Å²) in [7, 11) is 2.15. The monoisotopic (exact) mass is 243 g/mol. The van der Waals surface area contributed by atoms with Crippen molar-refractivity contribution in [2.75, 3.05) is 19.7 Å². The van der Waals surface area contributed by atoms with E-state index in [-0.39, 0.29) is 17.9 Å². The van der Waals surface area contributed by atoms with Crippen LogP contribution < -0.4 is 5.46 Å². The summed E-state index contributed by atoms with van der Waals surface area (Å²) >= 11 is 0. The number of aliphatic hydroxyl groups is 1. The molecular formula is C14H18BNO2. The largest absolute Gasteiger partial charge is 0.395 e. The van der Waals surface area contributed by atoms with E-state index in [1.165, 1.54) is 16.6 Å². The van der Waals surface area contributed by atoms with E-state index >= 15 is 0 Å². The second-order valence-electron chi connectivity index (χ2n) is 5.60. The van der Waals surface area contributed by atoms with Crippen LogP contribution in [0.2, 0.25) is 0 Å². The van der Waals surface area contributed by atoms with Crippen LogP contribution in [-0.4, -0.2) is 43.5 Å². The van der Waals surface area contributed by atoms with Gasteiger partial charge in [-0.3, -0.25) is 4.79 Å². The molecule has 0 bridgehead atoms. The Hall–Kier alpha value is -1.29. The van der Waals surface area contributed by atoms with Crippen LogP contribution in [0.1, 0.15) is 24.0 Å². The van der Waals surface area contributed by atoms with Crippen LogP contribution in [0, 0.1) is 0 Å². The summed E-state index contributed by atoms with van der Waals surface area (Å²) in [5, 5.41) is 9.02. The van der Waals surface area contributed by atoms with E-state index in [9.17, 15) is 4.79 Å². The smallest absolute Gasteiger partial charge is 0.223 e. The molecule has 1 amide bonds. The lowest BCUT2D eigenvalue weighted by Gasteiger charge is -2.24. The fourth-order valence-corrected chi connectivity index (χ4v) is 3.61. The molecule has 1 aliphatic heterocycles. The van der Waals surface area contributed by atoms with E-state index in [0.29, 0.717) is 13.0 Å². The summed E-state index contributed by atoms with van der Waals surface area (Å²) in [4.78, 5) is 13.9. The van der Waals surface area contributed by atoms with E-state index in [0.717, 1.165) is 19.4 Å². The molecule has 1 saturated heterocycles. The maximum Gasteiger partial charge on any atom is 0.223 e. The lowest BCUT2D eigenvalue weighted by molar-refractivity contribution is -0.128. The molecule has 1 heterocycles. The maximum absolute atomic E-state index is 12.0. The van der Waals surface area contributed by atoms with Crippen molar-refractivity contribution in [3.05, 3.63) is 29.3 Å². The van der Waals surface area contributed by atoms with Crippen LogP contribution in [0.4, 0.5) is 0 Å². The molecule has 2 aliphatic rings. The quantitative estimate of drug-likeness (QED) is 0.701. The molecular weight excluding hydrogens is 225 g/mol. The van der Waals surface area contributed by atoms with Gasteiger partial charge < -0.3 is 10.0 Å². The zero-order chi connectivity index (χ0) is 12.8. The number of carbonyl (C=O) groups is 1. The molecule has 1 atom stereocenters. The molecule has 4 heteroatoms. The Morgan fingerprint density at radius 3 is 3.06 bits per heavy atom. The lowest BCUT2D eigenvalue weighted by atomic mass is 9.79. The van der Waals surface area contributed by atoms with Crippen molar-refractivity contribution in [1.82, 2.24) is 4.90 Å². The Morgan fingerprint density at radius 2 is 2.28 bits per heavy atom. The summed E-state index contributed by atoms with van der Waals surface area (Å²) < 4.78 is 0. The normalized spacial score (nSPS) is 26.1. The number of hydrogen-bond donors (Lipinski definition) is 1. The Morgan fingerprint density at radius 1 is 1.44 bits per heavy atom. The first kappa shape index (κ1) is 11.8. The van der Waals surface area contributed by atoms with Gasteiger partial charge >= 0.3 is 0 Å². The first-order valence-corrected chi connectivity index (χ1v) is 6.64. The maximum atomic E-state index is 12.0. The Balaban J connectivity index is 1.97. The molecule has 3 rings (SSSR count). The molecule has 3 nitrogen and oxygen atoms in total. The highest BCUT2D eigenvalue weighted by molar-refractivity contribution is 6.33. The Bertz CT molecular complexity index is 503. The van der Waals surface area contributed by atoms with Gasteiger partial charge in [0.05, 0.1) is 6.61 Å². The molecule has 1 spiro atoms. The number of rotatable bonds is 2. The van der Waals surface area contributed by atoms with Gasteiger partial charge in [-0.2, -0.15) is 0 Å². The molecule has 1 N–H and O–H groups in total. The summed E-state index contributed by atoms with van der Waals surface area (Å²) in [6.07, 6.45) is 2.77. The van der Waals surface area contributed by atoms with E-state index < -0.39 is 0 Å². The van der Waals surface area contributed by atoms with Crippen LogP contribution in [-0.2, 0) is 16.6 Å². The van der Waals surface area contributed by atoms with Crippen molar-refractivity contribution in [2.24, 2.45) is 0 Å². The zero-order valence-corrected chi connectivity index (χ0v) is 10.8. The highest BCUT2D eigenvalue weighted by Gasteiger charge is 2.47. The average molecular weight is 243 g/mol. The number of hydrogen-bond acceptors (Lipinski definition) is 2. The summed E-state index contributed by atoms with van der Waals surface area (Å²) in [5.74, 6) is 0.193. The molecule has 1 aromatic rings. The standard InChI is InChI=1S/C14H18BNO2/c15-12-3-1-2-11-10(12)4-5-14(11)8-13(18)16(9-14)6-7-17/h1-3,17H,4-9,15H2. The van der Waals surface area contributed by atoms with Gasteiger partial charge in [-0.25, -0.2) is 0 Å². The van der Waals surface area contributed by atoms with Crippen LogP contribution in [0.15, 0.2) is 18.2 Å². The number of nitrogens with zero attached hydrogens (tertiary/aromatic N) is 1. The number of fused-ring (bicyclic) bond motifs is 2. The van der Waals surface area contributed by atoms with Crippen LogP contribution in [0.3, 0.4) is 0 Å². The van der Waals surface area contributed by atoms with Gasteiger partial charge in [-0.1, -0.05) is 29.2 Å². The number of benzene rings is 1. The topological polar surface area (TPSA) is 40.5 Å². The van der Waals surface area contributed by atoms with Gasteiger partial charge in [-0.05, 0) is 18.4 Å². The van der Waals surface area contributed by atoms with E-state index in [1.54, 1.807) is 0 Å². The first-order valence-electron chi connectivity index (χ1n) is 6.64. The van der Waals surface area contributed by atoms with E-state index in [2.05, 4.69) is 26.0 Å². The fraction of sp³-hybridized carbons (Fsp3) is 0.500. The van der Waals surface area contributed by atoms with Crippen LogP contribution >= 0.6 is 0 Å². The third-order valence-electron chi connectivity index (χ3n) is 4.54. The predicted octanol–water partition coefficient (Wildman–Crippen LogP) is -0.646. The first-order chi connectivity index (χ1) is 8.66. The fourth-order valence-electron chi connectivity index (χ4n) is 3.61. The summed E-state index contributed by atoms with van der Waals surface area (Å²) in [6.45, 7) is 1.31. The third-order valence-corrected chi connectivity index (χ3v) is 4.54. The number of likely N-dealkylation sites (tertiary alicyclic amines) is 1. The highest BCUT2D eigenvalue weighted by atomic mass is 16.3. The molecule has 0 radical (unpaired) electrons. The summed E-state index contributed by atoms with van der Waals surface area (Å²) in [5.41, 5.74) is 4.18. The average Bonchev–Trinajstić information content (AvgIpc) is 2.84. The molecule has 0 saturated carbocycles. The predicted molar refractivity (Wildman–Crippen MR) is 72.9 cm³/mol. The van der Waals surface area contributed by atoms with Crippen molar-refractivity contribution in [1.29, 1.82) is 0 Å². The summed E-state index contributed by atoms with van der Waals surface area (Å²) in [6, 6.07) is 6.44. The van der Waals surface area contributed by atoms with Gasteiger partial charge in [0.1, 0.15) is 7.85 Å². The van der Waals surface area contributed by atoms with Crippen molar-refractivity contribution in [2.45, 2.75) is 24.7 Å². The van der Waals surface area contributed by atoms with Gasteiger partial charge in [0.25, 0.3) is 0 Å². The molecule has 1 aromatic carbocycles. The molecule has 1 unspecified atom stereocenters. The van der Waals surface area contributed by atoms with Gasteiger partial charge in [0.15, 0.2) is 0 Å². The minimum Gasteiger partial charge on any atom is -0.395 e. The van der Waals surface area contributed by atoms with Gasteiger partial charge in [0, 0.05) is 24.9 Å². The number of carbonyl (C=O) groups excluding carboxylic acids is 1. The van der Waals surface area contributed by atoms with Crippen molar-refractivity contribution < 1.29 is 9.90 Å². The number of aliphatic hydroxyl groups excluding tert-OH is 1. The van der Waals surface area contributed by atoms with Crippen molar-refractivity contribution >= 4 is 19.2 Å². The Kier molecular flexibility index (Phi) is 2.70.